The van der Waals surface area contributed by atoms with Gasteiger partial charge in [0.25, 0.3) is 0 Å². The number of anilines is 1. The molecule has 0 aliphatic carbocycles. The molecule has 100 valence electrons. The second kappa shape index (κ2) is 7.17. The van der Waals surface area contributed by atoms with Gasteiger partial charge >= 0.3 is 0 Å². The molecule has 1 aromatic carbocycles. The van der Waals surface area contributed by atoms with E-state index in [-0.39, 0.29) is 5.91 Å². The van der Waals surface area contributed by atoms with Crippen LogP contribution >= 0.6 is 0 Å². The molecule has 0 radical (unpaired) electrons. The number of amides is 1. The van der Waals surface area contributed by atoms with Gasteiger partial charge in [-0.2, -0.15) is 0 Å². The maximum absolute atomic E-state index is 12.0. The lowest BCUT2D eigenvalue weighted by Crippen LogP contribution is -2.22. The minimum Gasteiger partial charge on any atom is -0.330 e. The highest BCUT2D eigenvalue weighted by Crippen LogP contribution is 2.18. The van der Waals surface area contributed by atoms with E-state index in [2.05, 4.69) is 12.2 Å². The van der Waals surface area contributed by atoms with Crippen molar-refractivity contribution in [3.63, 3.8) is 0 Å². The van der Waals surface area contributed by atoms with Crippen molar-refractivity contribution in [1.29, 1.82) is 0 Å². The molecule has 1 unspecified atom stereocenters. The molecule has 0 aliphatic heterocycles. The Bertz CT molecular complexity index is 401. The Balaban J connectivity index is 2.61. The van der Waals surface area contributed by atoms with Crippen molar-refractivity contribution >= 4 is 11.6 Å². The van der Waals surface area contributed by atoms with Crippen molar-refractivity contribution in [2.75, 3.05) is 11.9 Å². The van der Waals surface area contributed by atoms with Gasteiger partial charge in [0.15, 0.2) is 0 Å². The van der Waals surface area contributed by atoms with Gasteiger partial charge in [0.1, 0.15) is 0 Å². The van der Waals surface area contributed by atoms with E-state index in [1.807, 2.05) is 32.0 Å². The summed E-state index contributed by atoms with van der Waals surface area (Å²) in [5, 5.41) is 2.98. The molecule has 0 aliphatic rings. The van der Waals surface area contributed by atoms with Crippen LogP contribution in [0.25, 0.3) is 0 Å². The number of aryl methyl sites for hydroxylation is 2. The number of hydrogen-bond donors (Lipinski definition) is 2. The van der Waals surface area contributed by atoms with Crippen LogP contribution in [0.3, 0.4) is 0 Å². The monoisotopic (exact) mass is 248 g/mol. The zero-order valence-corrected chi connectivity index (χ0v) is 11.6. The fraction of sp³-hybridized carbons (Fsp3) is 0.533. The van der Waals surface area contributed by atoms with Crippen LogP contribution < -0.4 is 11.1 Å². The SMILES string of the molecule is CCCC(CN)CC(=O)Nc1cc(C)ccc1C. The first kappa shape index (κ1) is 14.7. The second-order valence-corrected chi connectivity index (χ2v) is 4.96. The van der Waals surface area contributed by atoms with Crippen LogP contribution in [-0.4, -0.2) is 12.5 Å². The number of carbonyl (C=O) groups excluding carboxylic acids is 1. The Hall–Kier alpha value is -1.35. The average Bonchev–Trinajstić information content (AvgIpc) is 2.33. The lowest BCUT2D eigenvalue weighted by Gasteiger charge is -2.14. The average molecular weight is 248 g/mol. The summed E-state index contributed by atoms with van der Waals surface area (Å²) in [5.74, 6) is 0.354. The van der Waals surface area contributed by atoms with Crippen molar-refractivity contribution < 1.29 is 4.79 Å². The van der Waals surface area contributed by atoms with Crippen LogP contribution in [0.1, 0.15) is 37.3 Å². The third kappa shape index (κ3) is 4.49. The van der Waals surface area contributed by atoms with Crippen LogP contribution in [0, 0.1) is 19.8 Å². The highest BCUT2D eigenvalue weighted by molar-refractivity contribution is 5.91. The molecule has 1 amide bonds. The van der Waals surface area contributed by atoms with Crippen LogP contribution in [-0.2, 0) is 4.79 Å². The Morgan fingerprint density at radius 1 is 1.39 bits per heavy atom. The minimum atomic E-state index is 0.0626. The molecule has 0 saturated carbocycles. The minimum absolute atomic E-state index is 0.0626. The molecule has 1 atom stereocenters. The van der Waals surface area contributed by atoms with E-state index in [9.17, 15) is 4.79 Å². The molecule has 3 N–H and O–H groups in total. The highest BCUT2D eigenvalue weighted by Gasteiger charge is 2.12. The van der Waals surface area contributed by atoms with Gasteiger partial charge in [-0.05, 0) is 49.9 Å². The predicted octanol–water partition coefficient (Wildman–Crippen LogP) is 3.01. The third-order valence-corrected chi connectivity index (χ3v) is 3.17. The molecular formula is C15H24N2O. The maximum atomic E-state index is 12.0. The van der Waals surface area contributed by atoms with E-state index < -0.39 is 0 Å². The van der Waals surface area contributed by atoms with Gasteiger partial charge in [0, 0.05) is 12.1 Å². The number of nitrogens with two attached hydrogens (primary N) is 1. The van der Waals surface area contributed by atoms with E-state index >= 15 is 0 Å². The van der Waals surface area contributed by atoms with Gasteiger partial charge in [0.2, 0.25) is 5.91 Å². The fourth-order valence-electron chi connectivity index (χ4n) is 2.05. The first-order chi connectivity index (χ1) is 8.56. The lowest BCUT2D eigenvalue weighted by atomic mass is 9.99. The number of carbonyl (C=O) groups is 1. The fourth-order valence-corrected chi connectivity index (χ4v) is 2.05. The summed E-state index contributed by atoms with van der Waals surface area (Å²) in [6.07, 6.45) is 2.59. The van der Waals surface area contributed by atoms with Crippen molar-refractivity contribution in [2.45, 2.75) is 40.0 Å². The number of hydrogen-bond acceptors (Lipinski definition) is 2. The topological polar surface area (TPSA) is 55.1 Å². The summed E-state index contributed by atoms with van der Waals surface area (Å²) >= 11 is 0. The summed E-state index contributed by atoms with van der Waals surface area (Å²) in [4.78, 5) is 12.0. The first-order valence-electron chi connectivity index (χ1n) is 6.64. The van der Waals surface area contributed by atoms with Gasteiger partial charge < -0.3 is 11.1 Å². The van der Waals surface area contributed by atoms with E-state index in [4.69, 9.17) is 5.73 Å². The summed E-state index contributed by atoms with van der Waals surface area (Å²) in [7, 11) is 0. The highest BCUT2D eigenvalue weighted by atomic mass is 16.1. The smallest absolute Gasteiger partial charge is 0.224 e. The van der Waals surface area contributed by atoms with Crippen molar-refractivity contribution in [1.82, 2.24) is 0 Å². The summed E-state index contributed by atoms with van der Waals surface area (Å²) in [6, 6.07) is 6.08. The summed E-state index contributed by atoms with van der Waals surface area (Å²) in [6.45, 7) is 6.72. The van der Waals surface area contributed by atoms with Gasteiger partial charge in [-0.3, -0.25) is 4.79 Å². The van der Waals surface area contributed by atoms with Gasteiger partial charge in [-0.1, -0.05) is 25.5 Å². The molecular weight excluding hydrogens is 224 g/mol. The Kier molecular flexibility index (Phi) is 5.86. The lowest BCUT2D eigenvalue weighted by molar-refractivity contribution is -0.117. The maximum Gasteiger partial charge on any atom is 0.224 e. The molecule has 3 nitrogen and oxygen atoms in total. The second-order valence-electron chi connectivity index (χ2n) is 4.96. The van der Waals surface area contributed by atoms with Gasteiger partial charge in [0.05, 0.1) is 0 Å². The van der Waals surface area contributed by atoms with E-state index in [0.29, 0.717) is 18.9 Å². The van der Waals surface area contributed by atoms with E-state index in [1.165, 1.54) is 0 Å². The van der Waals surface area contributed by atoms with Crippen LogP contribution in [0.2, 0.25) is 0 Å². The molecule has 0 saturated heterocycles. The number of nitrogens with one attached hydrogen (secondary N) is 1. The zero-order valence-electron chi connectivity index (χ0n) is 11.6. The molecule has 3 heteroatoms. The van der Waals surface area contributed by atoms with Gasteiger partial charge in [-0.15, -0.1) is 0 Å². The Labute approximate surface area is 110 Å². The Morgan fingerprint density at radius 3 is 2.72 bits per heavy atom. The molecule has 1 aromatic rings. The van der Waals surface area contributed by atoms with Crippen molar-refractivity contribution in [3.8, 4) is 0 Å². The summed E-state index contributed by atoms with van der Waals surface area (Å²) in [5.41, 5.74) is 8.83. The quantitative estimate of drug-likeness (QED) is 0.813. The predicted molar refractivity (Wildman–Crippen MR) is 76.6 cm³/mol. The van der Waals surface area contributed by atoms with E-state index in [1.54, 1.807) is 0 Å². The van der Waals surface area contributed by atoms with E-state index in [0.717, 1.165) is 29.7 Å². The number of rotatable bonds is 6. The molecule has 0 heterocycles. The normalized spacial score (nSPS) is 12.2. The van der Waals surface area contributed by atoms with Gasteiger partial charge in [-0.25, -0.2) is 0 Å². The van der Waals surface area contributed by atoms with Crippen molar-refractivity contribution in [3.05, 3.63) is 29.3 Å². The van der Waals surface area contributed by atoms with Crippen molar-refractivity contribution in [2.24, 2.45) is 11.7 Å². The van der Waals surface area contributed by atoms with Crippen LogP contribution in [0.4, 0.5) is 5.69 Å². The molecule has 1 rings (SSSR count). The third-order valence-electron chi connectivity index (χ3n) is 3.17. The number of benzene rings is 1. The summed E-state index contributed by atoms with van der Waals surface area (Å²) < 4.78 is 0. The first-order valence-corrected chi connectivity index (χ1v) is 6.64. The molecule has 0 bridgehead atoms. The zero-order chi connectivity index (χ0) is 13.5. The van der Waals surface area contributed by atoms with Crippen LogP contribution in [0.5, 0.6) is 0 Å². The molecule has 0 spiro atoms. The molecule has 0 aromatic heterocycles. The molecule has 0 fully saturated rings. The largest absolute Gasteiger partial charge is 0.330 e. The Morgan fingerprint density at radius 2 is 2.11 bits per heavy atom. The van der Waals surface area contributed by atoms with Crippen LogP contribution in [0.15, 0.2) is 18.2 Å². The standard InChI is InChI=1S/C15H24N2O/c1-4-5-13(10-16)9-15(18)17-14-8-11(2)6-7-12(14)3/h6-8,13H,4-5,9-10,16H2,1-3H3,(H,17,18). The molecule has 18 heavy (non-hydrogen) atoms.